The second kappa shape index (κ2) is 15.8. The molecule has 0 spiro atoms. The number of primary amides is 1. The Morgan fingerprint density at radius 2 is 1.73 bits per heavy atom. The number of ether oxygens (including phenoxy) is 1. The Kier molecular flexibility index (Phi) is 11.7. The van der Waals surface area contributed by atoms with E-state index in [2.05, 4.69) is 22.4 Å². The van der Waals surface area contributed by atoms with Crippen LogP contribution in [0, 0.1) is 23.2 Å². The summed E-state index contributed by atoms with van der Waals surface area (Å²) >= 11 is 0. The number of rotatable bonds is 9. The first-order valence-corrected chi connectivity index (χ1v) is 18.1. The molecule has 5 atom stereocenters. The smallest absolute Gasteiger partial charge is 0.254 e. The molecule has 3 aliphatic carbocycles. The zero-order chi connectivity index (χ0) is 34.4. The molecule has 48 heavy (non-hydrogen) atoms. The molecule has 2 fully saturated rings. The Hall–Kier alpha value is -3.56. The van der Waals surface area contributed by atoms with Gasteiger partial charge >= 0.3 is 0 Å². The van der Waals surface area contributed by atoms with Crippen LogP contribution in [0.2, 0.25) is 0 Å². The van der Waals surface area contributed by atoms with Crippen LogP contribution >= 0.6 is 0 Å². The van der Waals surface area contributed by atoms with Crippen LogP contribution in [0.3, 0.4) is 0 Å². The predicted octanol–water partition coefficient (Wildman–Crippen LogP) is 9.59. The predicted molar refractivity (Wildman–Crippen MR) is 186 cm³/mol. The van der Waals surface area contributed by atoms with Crippen molar-refractivity contribution in [1.82, 2.24) is 9.97 Å². The summed E-state index contributed by atoms with van der Waals surface area (Å²) in [5.74, 6) is -1.86. The first-order chi connectivity index (χ1) is 23.1. The third-order valence-electron chi connectivity index (χ3n) is 11.4. The van der Waals surface area contributed by atoms with Gasteiger partial charge in [0.15, 0.2) is 0 Å². The molecule has 3 aliphatic rings. The Morgan fingerprint density at radius 3 is 2.40 bits per heavy atom. The fourth-order valence-corrected chi connectivity index (χ4v) is 8.45. The van der Waals surface area contributed by atoms with Gasteiger partial charge in [0.1, 0.15) is 17.1 Å². The average molecular weight is 666 g/mol. The van der Waals surface area contributed by atoms with Gasteiger partial charge in [-0.1, -0.05) is 58.4 Å². The number of hydrogen-bond donors (Lipinski definition) is 4. The van der Waals surface area contributed by atoms with Gasteiger partial charge in [0.2, 0.25) is 5.95 Å². The zero-order valence-corrected chi connectivity index (χ0v) is 28.8. The van der Waals surface area contributed by atoms with Crippen molar-refractivity contribution in [3.63, 3.8) is 0 Å². The highest BCUT2D eigenvalue weighted by molar-refractivity contribution is 6.24. The Morgan fingerprint density at radius 1 is 1.04 bits per heavy atom. The Labute approximate surface area is 283 Å². The lowest BCUT2D eigenvalue weighted by atomic mass is 9.72. The van der Waals surface area contributed by atoms with Crippen LogP contribution in [0.5, 0.6) is 5.75 Å². The highest BCUT2D eigenvalue weighted by Gasteiger charge is 2.38. The van der Waals surface area contributed by atoms with Crippen LogP contribution in [0.25, 0.3) is 5.76 Å². The van der Waals surface area contributed by atoms with Crippen molar-refractivity contribution >= 4 is 29.0 Å². The van der Waals surface area contributed by atoms with E-state index < -0.39 is 17.7 Å². The Balaban J connectivity index is 1.30. The molecule has 5 N–H and O–H groups in total. The molecule has 0 bridgehead atoms. The van der Waals surface area contributed by atoms with Crippen LogP contribution in [0.15, 0.2) is 30.0 Å². The van der Waals surface area contributed by atoms with Crippen molar-refractivity contribution in [2.24, 2.45) is 23.5 Å². The van der Waals surface area contributed by atoms with E-state index in [-0.39, 0.29) is 35.8 Å². The third kappa shape index (κ3) is 8.00. The fraction of sp³-hybridized carbons (Fsp3) is 0.632. The van der Waals surface area contributed by atoms with Crippen molar-refractivity contribution in [2.75, 3.05) is 12.4 Å². The number of anilines is 2. The van der Waals surface area contributed by atoms with Crippen molar-refractivity contribution in [1.29, 1.82) is 5.41 Å². The maximum absolute atomic E-state index is 14.6. The number of nitrogens with two attached hydrogens (primary N) is 1. The number of alkyl halides is 2. The van der Waals surface area contributed by atoms with Gasteiger partial charge in [0.05, 0.1) is 24.1 Å². The highest BCUT2D eigenvalue weighted by Crippen LogP contribution is 2.44. The summed E-state index contributed by atoms with van der Waals surface area (Å²) in [4.78, 5) is 21.2. The maximum Gasteiger partial charge on any atom is 0.254 e. The van der Waals surface area contributed by atoms with E-state index >= 15 is 0 Å². The normalized spacial score (nSPS) is 25.9. The summed E-state index contributed by atoms with van der Waals surface area (Å²) in [7, 11) is 1.65. The molecule has 0 saturated heterocycles. The van der Waals surface area contributed by atoms with Crippen molar-refractivity contribution in [2.45, 2.75) is 128 Å². The number of halogens is 2. The number of carbonyl (C=O) groups excluding carboxylic acids is 1. The summed E-state index contributed by atoms with van der Waals surface area (Å²) in [6.45, 7) is 3.60. The number of hydrogen-bond acceptors (Lipinski definition) is 7. The van der Waals surface area contributed by atoms with Gasteiger partial charge < -0.3 is 26.3 Å². The lowest BCUT2D eigenvalue weighted by Gasteiger charge is -2.35. The molecular formula is C38H53F2N5O3. The standard InChI is InChI=1S/C38H53F2N5O3/c1-4-23-20-30(41)33(36(42)47)35(46)29-22-43-37(45-34(23)29)44-31-19-17-27(21-32(31)48-3)26-12-7-6-10-24(14-15-26)25-11-8-9-13-28(18-16-25)38(39,40)5-2/h17,19,21-26,28,41,46H,4-16,18,20H2,1-3H3,(H2,42,47)(H,43,44,45). The summed E-state index contributed by atoms with van der Waals surface area (Å²) in [6, 6.07) is 6.24. The van der Waals surface area contributed by atoms with E-state index in [1.807, 2.05) is 13.0 Å². The number of benzene rings is 1. The van der Waals surface area contributed by atoms with Gasteiger partial charge in [-0.15, -0.1) is 0 Å². The lowest BCUT2D eigenvalue weighted by molar-refractivity contribution is -0.114. The van der Waals surface area contributed by atoms with Crippen LogP contribution < -0.4 is 15.8 Å². The van der Waals surface area contributed by atoms with Gasteiger partial charge in [-0.2, -0.15) is 0 Å². The molecular weight excluding hydrogens is 612 g/mol. The monoisotopic (exact) mass is 665 g/mol. The number of fused-ring (bicyclic) bond motifs is 1. The molecule has 2 saturated carbocycles. The number of nitrogens with zero attached hydrogens (tertiary/aromatic N) is 2. The molecule has 8 nitrogen and oxygen atoms in total. The molecule has 1 aromatic carbocycles. The molecule has 2 aromatic rings. The minimum atomic E-state index is -2.54. The van der Waals surface area contributed by atoms with E-state index in [9.17, 15) is 18.7 Å². The lowest BCUT2D eigenvalue weighted by Crippen LogP contribution is -2.30. The quantitative estimate of drug-likeness (QED) is 0.211. The summed E-state index contributed by atoms with van der Waals surface area (Å²) < 4.78 is 35.1. The van der Waals surface area contributed by atoms with Crippen molar-refractivity contribution in [3.8, 4) is 5.75 Å². The second-order valence-electron chi connectivity index (χ2n) is 14.2. The fourth-order valence-electron chi connectivity index (χ4n) is 8.45. The van der Waals surface area contributed by atoms with Crippen molar-refractivity contribution < 1.29 is 23.4 Å². The zero-order valence-electron chi connectivity index (χ0n) is 28.8. The summed E-state index contributed by atoms with van der Waals surface area (Å²) in [6.07, 6.45) is 14.6. The van der Waals surface area contributed by atoms with E-state index in [1.54, 1.807) is 14.0 Å². The number of nitrogens with one attached hydrogen (secondary N) is 2. The minimum absolute atomic E-state index is 0.00730. The first-order valence-electron chi connectivity index (χ1n) is 18.1. The van der Waals surface area contributed by atoms with Crippen LogP contribution in [0.1, 0.15) is 139 Å². The summed E-state index contributed by atoms with van der Waals surface area (Å²) in [5.41, 5.74) is 8.12. The van der Waals surface area contributed by atoms with Crippen LogP contribution in [-0.4, -0.2) is 39.7 Å². The molecule has 10 heteroatoms. The SMILES string of the molecule is CCC1CC(=N)C(C(N)=O)=C(O)c2cnc(Nc3ccc(C4CCCCC(C5CCCCC(C(F)(F)CC)CC5)CC4)cc3OC)nc21. The van der Waals surface area contributed by atoms with Gasteiger partial charge in [0, 0.05) is 30.2 Å². The van der Waals surface area contributed by atoms with Crippen LogP contribution in [-0.2, 0) is 4.79 Å². The Bertz CT molecular complexity index is 1490. The third-order valence-corrected chi connectivity index (χ3v) is 11.4. The largest absolute Gasteiger partial charge is 0.506 e. The topological polar surface area (TPSA) is 134 Å². The number of aromatic nitrogens is 2. The van der Waals surface area contributed by atoms with E-state index in [1.165, 1.54) is 31.0 Å². The molecule has 1 heterocycles. The number of amides is 1. The average Bonchev–Trinajstić information content (AvgIpc) is 3.14. The molecule has 1 aromatic heterocycles. The van der Waals surface area contributed by atoms with Gasteiger partial charge in [-0.3, -0.25) is 4.79 Å². The molecule has 1 amide bonds. The molecule has 262 valence electrons. The number of carbonyl (C=O) groups is 1. The molecule has 5 unspecified atom stereocenters. The maximum atomic E-state index is 14.6. The highest BCUT2D eigenvalue weighted by atomic mass is 19.3. The number of aliphatic hydroxyl groups is 1. The van der Waals surface area contributed by atoms with E-state index in [0.717, 1.165) is 44.9 Å². The molecule has 0 radical (unpaired) electrons. The van der Waals surface area contributed by atoms with Crippen LogP contribution in [0.4, 0.5) is 20.4 Å². The van der Waals surface area contributed by atoms with Gasteiger partial charge in [-0.25, -0.2) is 18.7 Å². The van der Waals surface area contributed by atoms with E-state index in [4.69, 9.17) is 20.9 Å². The first kappa shape index (κ1) is 35.7. The summed E-state index contributed by atoms with van der Waals surface area (Å²) in [5, 5.41) is 22.5. The minimum Gasteiger partial charge on any atom is -0.506 e. The molecule has 5 rings (SSSR count). The van der Waals surface area contributed by atoms with Crippen molar-refractivity contribution in [3.05, 3.63) is 46.8 Å². The second-order valence-corrected chi connectivity index (χ2v) is 14.2. The van der Waals surface area contributed by atoms with E-state index in [0.29, 0.717) is 65.7 Å². The molecule has 0 aliphatic heterocycles. The van der Waals surface area contributed by atoms with Gasteiger partial charge in [0.25, 0.3) is 11.8 Å². The number of methoxy groups -OCH3 is 1. The van der Waals surface area contributed by atoms with Gasteiger partial charge in [-0.05, 0) is 86.8 Å². The number of aliphatic hydroxyl groups excluding tert-OH is 1.